The Kier molecular flexibility index (Phi) is 5.22. The van der Waals surface area contributed by atoms with E-state index in [1.165, 1.54) is 12.3 Å². The molecule has 0 saturated carbocycles. The van der Waals surface area contributed by atoms with E-state index in [0.29, 0.717) is 51.8 Å². The van der Waals surface area contributed by atoms with E-state index in [1.807, 2.05) is 37.3 Å². The van der Waals surface area contributed by atoms with Crippen LogP contribution < -0.4 is 0 Å². The number of rotatable bonds is 5. The third-order valence-corrected chi connectivity index (χ3v) is 5.02. The molecule has 0 radical (unpaired) electrons. The standard InChI is InChI=1S/C22H20N2O4S/c1-2-14-9-16(18(26)10-17(14)25)21-20(22(29)24-23-21)19-12-27-15(11-28-19)8-13-6-4-3-5-7-13/h3-7,9-12,25-26H,2,8H2,1H3,(H2,23,24,29). The smallest absolute Gasteiger partial charge is 0.173 e. The molecular weight excluding hydrogens is 388 g/mol. The van der Waals surface area contributed by atoms with Gasteiger partial charge in [-0.1, -0.05) is 37.3 Å². The third kappa shape index (κ3) is 3.82. The summed E-state index contributed by atoms with van der Waals surface area (Å²) in [6.45, 7) is 1.92. The van der Waals surface area contributed by atoms with Crippen molar-refractivity contribution in [2.45, 2.75) is 24.8 Å². The van der Waals surface area contributed by atoms with Gasteiger partial charge in [-0.05, 0) is 23.6 Å². The van der Waals surface area contributed by atoms with E-state index in [4.69, 9.17) is 9.47 Å². The summed E-state index contributed by atoms with van der Waals surface area (Å²) < 4.78 is 11.6. The highest BCUT2D eigenvalue weighted by Crippen LogP contribution is 2.40. The number of nitrogens with zero attached hydrogens (tertiary/aromatic N) is 1. The van der Waals surface area contributed by atoms with Crippen LogP contribution in [-0.4, -0.2) is 20.4 Å². The largest absolute Gasteiger partial charge is 0.508 e. The predicted molar refractivity (Wildman–Crippen MR) is 112 cm³/mol. The van der Waals surface area contributed by atoms with E-state index >= 15 is 0 Å². The van der Waals surface area contributed by atoms with Crippen molar-refractivity contribution in [2.24, 2.45) is 0 Å². The first-order valence-electron chi connectivity index (χ1n) is 9.16. The second kappa shape index (κ2) is 7.97. The van der Waals surface area contributed by atoms with Crippen molar-refractivity contribution >= 4 is 18.4 Å². The Morgan fingerprint density at radius 3 is 2.52 bits per heavy atom. The summed E-state index contributed by atoms with van der Waals surface area (Å²) in [5.74, 6) is 1.06. The Labute approximate surface area is 173 Å². The first-order valence-corrected chi connectivity index (χ1v) is 9.61. The van der Waals surface area contributed by atoms with Gasteiger partial charge in [0.25, 0.3) is 0 Å². The number of phenolic OH excluding ortho intramolecular Hbond substituents is 2. The number of nitrogens with one attached hydrogen (secondary N) is 1. The Hall–Kier alpha value is -3.32. The van der Waals surface area contributed by atoms with E-state index in [-0.39, 0.29) is 11.5 Å². The number of benzene rings is 2. The van der Waals surface area contributed by atoms with Gasteiger partial charge in [-0.2, -0.15) is 5.10 Å². The van der Waals surface area contributed by atoms with Crippen LogP contribution in [0.5, 0.6) is 11.5 Å². The first-order chi connectivity index (χ1) is 14.1. The van der Waals surface area contributed by atoms with Crippen LogP contribution in [0.15, 0.2) is 65.8 Å². The molecule has 7 heteroatoms. The highest BCUT2D eigenvalue weighted by molar-refractivity contribution is 7.80. The Morgan fingerprint density at radius 1 is 1.03 bits per heavy atom. The van der Waals surface area contributed by atoms with E-state index in [0.717, 1.165) is 5.56 Å². The molecule has 0 saturated heterocycles. The van der Waals surface area contributed by atoms with Crippen molar-refractivity contribution in [3.05, 3.63) is 77.4 Å². The van der Waals surface area contributed by atoms with Crippen LogP contribution in [0.2, 0.25) is 0 Å². The van der Waals surface area contributed by atoms with Gasteiger partial charge in [0.2, 0.25) is 0 Å². The molecule has 148 valence electrons. The molecule has 1 aromatic heterocycles. The van der Waals surface area contributed by atoms with Gasteiger partial charge in [0.1, 0.15) is 34.8 Å². The van der Waals surface area contributed by atoms with Crippen molar-refractivity contribution < 1.29 is 19.7 Å². The molecule has 29 heavy (non-hydrogen) atoms. The molecule has 1 aliphatic heterocycles. The number of aromatic nitrogens is 2. The second-order valence-electron chi connectivity index (χ2n) is 6.61. The van der Waals surface area contributed by atoms with Gasteiger partial charge in [0, 0.05) is 18.1 Å². The zero-order valence-corrected chi connectivity index (χ0v) is 16.6. The minimum Gasteiger partial charge on any atom is -0.508 e. The lowest BCUT2D eigenvalue weighted by molar-refractivity contribution is 0.268. The van der Waals surface area contributed by atoms with Crippen LogP contribution in [0.1, 0.15) is 23.6 Å². The number of phenols is 2. The Bertz CT molecular complexity index is 1100. The maximum atomic E-state index is 10.4. The average Bonchev–Trinajstić information content (AvgIpc) is 3.11. The van der Waals surface area contributed by atoms with Gasteiger partial charge in [-0.15, -0.1) is 12.6 Å². The molecule has 4 rings (SSSR count). The highest BCUT2D eigenvalue weighted by Gasteiger charge is 2.23. The number of ether oxygens (including phenoxy) is 2. The molecular formula is C22H20N2O4S. The van der Waals surface area contributed by atoms with Crippen molar-refractivity contribution in [1.29, 1.82) is 0 Å². The van der Waals surface area contributed by atoms with Gasteiger partial charge in [0.05, 0.1) is 11.3 Å². The van der Waals surface area contributed by atoms with Gasteiger partial charge in [0.15, 0.2) is 5.76 Å². The van der Waals surface area contributed by atoms with Crippen LogP contribution >= 0.6 is 12.6 Å². The molecule has 3 aromatic rings. The van der Waals surface area contributed by atoms with Crippen molar-refractivity contribution in [3.8, 4) is 22.8 Å². The van der Waals surface area contributed by atoms with Crippen molar-refractivity contribution in [3.63, 3.8) is 0 Å². The molecule has 0 fully saturated rings. The van der Waals surface area contributed by atoms with E-state index in [9.17, 15) is 10.2 Å². The fraction of sp³-hybridized carbons (Fsp3) is 0.136. The van der Waals surface area contributed by atoms with E-state index < -0.39 is 0 Å². The number of aromatic hydroxyl groups is 2. The van der Waals surface area contributed by atoms with Gasteiger partial charge >= 0.3 is 0 Å². The third-order valence-electron chi connectivity index (χ3n) is 4.70. The maximum Gasteiger partial charge on any atom is 0.173 e. The molecule has 2 heterocycles. The molecule has 6 nitrogen and oxygen atoms in total. The Balaban J connectivity index is 1.63. The average molecular weight is 408 g/mol. The summed E-state index contributed by atoms with van der Waals surface area (Å²) >= 11 is 4.41. The summed E-state index contributed by atoms with van der Waals surface area (Å²) in [5, 5.41) is 27.8. The molecule has 2 aromatic carbocycles. The zero-order valence-electron chi connectivity index (χ0n) is 15.7. The number of aryl methyl sites for hydroxylation is 1. The minimum atomic E-state index is -0.0735. The summed E-state index contributed by atoms with van der Waals surface area (Å²) in [6.07, 6.45) is 4.28. The van der Waals surface area contributed by atoms with Crippen molar-refractivity contribution in [2.75, 3.05) is 0 Å². The Morgan fingerprint density at radius 2 is 1.83 bits per heavy atom. The van der Waals surface area contributed by atoms with E-state index in [1.54, 1.807) is 12.3 Å². The molecule has 0 amide bonds. The minimum absolute atomic E-state index is 0.0471. The van der Waals surface area contributed by atoms with Crippen LogP contribution in [-0.2, 0) is 22.3 Å². The van der Waals surface area contributed by atoms with Gasteiger partial charge < -0.3 is 19.7 Å². The number of hydrogen-bond donors (Lipinski definition) is 4. The lowest BCUT2D eigenvalue weighted by Crippen LogP contribution is -2.02. The molecule has 0 aliphatic carbocycles. The van der Waals surface area contributed by atoms with Crippen LogP contribution in [0, 0.1) is 0 Å². The number of H-pyrrole nitrogens is 1. The molecule has 0 bridgehead atoms. The quantitative estimate of drug-likeness (QED) is 0.457. The molecule has 3 N–H and O–H groups in total. The lowest BCUT2D eigenvalue weighted by Gasteiger charge is -2.16. The highest BCUT2D eigenvalue weighted by atomic mass is 32.1. The molecule has 0 unspecified atom stereocenters. The number of hydrogen-bond acceptors (Lipinski definition) is 6. The normalized spacial score (nSPS) is 13.3. The second-order valence-corrected chi connectivity index (χ2v) is 7.04. The summed E-state index contributed by atoms with van der Waals surface area (Å²) in [4.78, 5) is 0. The summed E-state index contributed by atoms with van der Waals surface area (Å²) in [7, 11) is 0. The van der Waals surface area contributed by atoms with Crippen LogP contribution in [0.4, 0.5) is 0 Å². The molecule has 0 spiro atoms. The number of aromatic amines is 1. The van der Waals surface area contributed by atoms with Crippen LogP contribution in [0.25, 0.3) is 17.0 Å². The van der Waals surface area contributed by atoms with Gasteiger partial charge in [-0.25, -0.2) is 0 Å². The fourth-order valence-corrected chi connectivity index (χ4v) is 3.45. The van der Waals surface area contributed by atoms with E-state index in [2.05, 4.69) is 22.8 Å². The number of allylic oxidation sites excluding steroid dienone is 1. The fourth-order valence-electron chi connectivity index (χ4n) is 3.18. The van der Waals surface area contributed by atoms with Crippen molar-refractivity contribution in [1.82, 2.24) is 10.2 Å². The predicted octanol–water partition coefficient (Wildman–Crippen LogP) is 4.77. The topological polar surface area (TPSA) is 87.6 Å². The molecule has 0 atom stereocenters. The number of thiol groups is 1. The summed E-state index contributed by atoms with van der Waals surface area (Å²) in [5.41, 5.74) is 3.40. The first kappa shape index (κ1) is 19.0. The van der Waals surface area contributed by atoms with Gasteiger partial charge in [-0.3, -0.25) is 5.10 Å². The van der Waals surface area contributed by atoms with Crippen LogP contribution in [0.3, 0.4) is 0 Å². The lowest BCUT2D eigenvalue weighted by atomic mass is 10.0. The SMILES string of the molecule is CCc1cc(-c2[nH]nc(S)c2C2=COC(Cc3ccccc3)=CO2)c(O)cc1O. The maximum absolute atomic E-state index is 10.4. The molecule has 1 aliphatic rings. The zero-order chi connectivity index (χ0) is 20.4. The monoisotopic (exact) mass is 408 g/mol. The summed E-state index contributed by atoms with van der Waals surface area (Å²) in [6, 6.07) is 13.0.